The molecule has 1 aliphatic heterocycles. The van der Waals surface area contributed by atoms with Crippen molar-refractivity contribution in [3.8, 4) is 5.75 Å². The number of likely N-dealkylation sites (tertiary alicyclic amines) is 1. The second kappa shape index (κ2) is 6.34. The number of amides is 2. The molecule has 0 saturated carbocycles. The SMILES string of the molecule is CC(C)(Oc1ccc(F)cc1[N+](=O)[O-])C(=O)CN1C(=O)CCC1=O. The molecular weight excluding hydrogens is 323 g/mol. The van der Waals surface area contributed by atoms with Gasteiger partial charge in [0.25, 0.3) is 0 Å². The molecule has 1 aliphatic rings. The van der Waals surface area contributed by atoms with Crippen LogP contribution < -0.4 is 4.74 Å². The summed E-state index contributed by atoms with van der Waals surface area (Å²) in [6.07, 6.45) is 0.105. The van der Waals surface area contributed by atoms with Crippen LogP contribution in [-0.2, 0) is 14.4 Å². The standard InChI is InChI=1S/C15H15FN2O6/c1-15(2,12(19)8-17-13(20)5-6-14(17)21)24-11-4-3-9(16)7-10(11)18(22)23/h3-4,7H,5-6,8H2,1-2H3. The van der Waals surface area contributed by atoms with E-state index in [1.54, 1.807) is 0 Å². The Morgan fingerprint density at radius 3 is 2.46 bits per heavy atom. The highest BCUT2D eigenvalue weighted by atomic mass is 19.1. The number of carbonyl (C=O) groups is 3. The van der Waals surface area contributed by atoms with Gasteiger partial charge in [-0.25, -0.2) is 4.39 Å². The van der Waals surface area contributed by atoms with Crippen LogP contribution in [0.5, 0.6) is 5.75 Å². The summed E-state index contributed by atoms with van der Waals surface area (Å²) in [6, 6.07) is 2.70. The lowest BCUT2D eigenvalue weighted by Crippen LogP contribution is -2.46. The molecule has 1 heterocycles. The fourth-order valence-corrected chi connectivity index (χ4v) is 2.18. The van der Waals surface area contributed by atoms with E-state index in [4.69, 9.17) is 4.74 Å². The van der Waals surface area contributed by atoms with Gasteiger partial charge in [-0.15, -0.1) is 0 Å². The Kier molecular flexibility index (Phi) is 4.63. The van der Waals surface area contributed by atoms with Crippen molar-refractivity contribution in [2.75, 3.05) is 6.54 Å². The minimum absolute atomic E-state index is 0.0524. The van der Waals surface area contributed by atoms with Crippen LogP contribution in [0.3, 0.4) is 0 Å². The smallest absolute Gasteiger partial charge is 0.313 e. The molecule has 128 valence electrons. The van der Waals surface area contributed by atoms with Crippen molar-refractivity contribution in [2.24, 2.45) is 0 Å². The molecule has 0 spiro atoms. The minimum atomic E-state index is -1.55. The fourth-order valence-electron chi connectivity index (χ4n) is 2.18. The first-order valence-electron chi connectivity index (χ1n) is 7.11. The van der Waals surface area contributed by atoms with Gasteiger partial charge in [0.2, 0.25) is 11.8 Å². The molecule has 1 aromatic carbocycles. The van der Waals surface area contributed by atoms with E-state index >= 15 is 0 Å². The average Bonchev–Trinajstić information content (AvgIpc) is 2.80. The monoisotopic (exact) mass is 338 g/mol. The number of nitro benzene ring substituents is 1. The number of rotatable bonds is 6. The van der Waals surface area contributed by atoms with Gasteiger partial charge in [-0.2, -0.15) is 0 Å². The summed E-state index contributed by atoms with van der Waals surface area (Å²) >= 11 is 0. The molecule has 24 heavy (non-hydrogen) atoms. The van der Waals surface area contributed by atoms with Crippen molar-refractivity contribution >= 4 is 23.3 Å². The van der Waals surface area contributed by atoms with E-state index in [1.807, 2.05) is 0 Å². The normalized spacial score (nSPS) is 14.9. The second-order valence-corrected chi connectivity index (χ2v) is 5.78. The lowest BCUT2D eigenvalue weighted by Gasteiger charge is -2.26. The molecule has 0 N–H and O–H groups in total. The van der Waals surface area contributed by atoms with E-state index in [0.717, 1.165) is 17.0 Å². The second-order valence-electron chi connectivity index (χ2n) is 5.78. The molecule has 0 bridgehead atoms. The summed E-state index contributed by atoms with van der Waals surface area (Å²) in [5.41, 5.74) is -2.17. The molecule has 8 nitrogen and oxygen atoms in total. The van der Waals surface area contributed by atoms with Gasteiger partial charge < -0.3 is 4.74 Å². The summed E-state index contributed by atoms with van der Waals surface area (Å²) in [7, 11) is 0. The number of nitrogens with zero attached hydrogens (tertiary/aromatic N) is 2. The molecule has 0 aliphatic carbocycles. The summed E-state index contributed by atoms with van der Waals surface area (Å²) in [4.78, 5) is 46.5. The molecular formula is C15H15FN2O6. The largest absolute Gasteiger partial charge is 0.473 e. The van der Waals surface area contributed by atoms with Crippen LogP contribution in [0.15, 0.2) is 18.2 Å². The van der Waals surface area contributed by atoms with Crippen LogP contribution in [0, 0.1) is 15.9 Å². The summed E-state index contributed by atoms with van der Waals surface area (Å²) < 4.78 is 18.5. The predicted molar refractivity (Wildman–Crippen MR) is 78.7 cm³/mol. The van der Waals surface area contributed by atoms with Gasteiger partial charge >= 0.3 is 5.69 Å². The number of halogens is 1. The van der Waals surface area contributed by atoms with Gasteiger partial charge in [0, 0.05) is 12.8 Å². The quantitative estimate of drug-likeness (QED) is 0.443. The highest BCUT2D eigenvalue weighted by Crippen LogP contribution is 2.31. The van der Waals surface area contributed by atoms with Crippen LogP contribution in [0.25, 0.3) is 0 Å². The van der Waals surface area contributed by atoms with E-state index < -0.39 is 46.2 Å². The zero-order valence-corrected chi connectivity index (χ0v) is 13.1. The number of Topliss-reactive ketones (excluding diaryl/α,β-unsaturated/α-hetero) is 1. The number of hydrogen-bond acceptors (Lipinski definition) is 6. The van der Waals surface area contributed by atoms with Crippen LogP contribution in [0.2, 0.25) is 0 Å². The van der Waals surface area contributed by atoms with Crippen molar-refractivity contribution < 1.29 is 28.4 Å². The third-order valence-electron chi connectivity index (χ3n) is 3.61. The maximum Gasteiger partial charge on any atom is 0.313 e. The van der Waals surface area contributed by atoms with Gasteiger partial charge in [0.1, 0.15) is 5.82 Å². The number of imide groups is 1. The molecule has 2 amide bonds. The highest BCUT2D eigenvalue weighted by molar-refractivity contribution is 6.05. The summed E-state index contributed by atoms with van der Waals surface area (Å²) in [5, 5.41) is 11.0. The van der Waals surface area contributed by atoms with Crippen molar-refractivity contribution in [1.82, 2.24) is 4.90 Å². The van der Waals surface area contributed by atoms with Crippen molar-refractivity contribution in [1.29, 1.82) is 0 Å². The third kappa shape index (κ3) is 3.55. The Hall–Kier alpha value is -2.84. The lowest BCUT2D eigenvalue weighted by molar-refractivity contribution is -0.386. The molecule has 0 radical (unpaired) electrons. The predicted octanol–water partition coefficient (Wildman–Crippen LogP) is 1.61. The minimum Gasteiger partial charge on any atom is -0.473 e. The first-order chi connectivity index (χ1) is 11.1. The molecule has 0 aromatic heterocycles. The average molecular weight is 338 g/mol. The van der Waals surface area contributed by atoms with Gasteiger partial charge in [-0.3, -0.25) is 29.4 Å². The maximum atomic E-state index is 13.1. The Balaban J connectivity index is 2.19. The van der Waals surface area contributed by atoms with Crippen LogP contribution in [0.4, 0.5) is 10.1 Å². The number of benzene rings is 1. The molecule has 0 atom stereocenters. The Morgan fingerprint density at radius 2 is 1.92 bits per heavy atom. The molecule has 2 rings (SSSR count). The molecule has 0 unspecified atom stereocenters. The topological polar surface area (TPSA) is 107 Å². The Labute approximate surface area is 136 Å². The highest BCUT2D eigenvalue weighted by Gasteiger charge is 2.38. The van der Waals surface area contributed by atoms with Crippen molar-refractivity contribution in [3.05, 3.63) is 34.1 Å². The zero-order valence-electron chi connectivity index (χ0n) is 13.1. The Morgan fingerprint density at radius 1 is 1.33 bits per heavy atom. The fraction of sp³-hybridized carbons (Fsp3) is 0.400. The number of ketones is 1. The number of carbonyl (C=O) groups excluding carboxylic acids is 3. The summed E-state index contributed by atoms with van der Waals surface area (Å²) in [5.74, 6) is -2.59. The Bertz CT molecular complexity index is 715. The zero-order chi connectivity index (χ0) is 18.1. The van der Waals surface area contributed by atoms with E-state index in [9.17, 15) is 28.9 Å². The first-order valence-corrected chi connectivity index (χ1v) is 7.11. The van der Waals surface area contributed by atoms with E-state index in [0.29, 0.717) is 6.07 Å². The maximum absolute atomic E-state index is 13.1. The van der Waals surface area contributed by atoms with Crippen LogP contribution >= 0.6 is 0 Å². The van der Waals surface area contributed by atoms with Crippen LogP contribution in [0.1, 0.15) is 26.7 Å². The van der Waals surface area contributed by atoms with Gasteiger partial charge in [0.05, 0.1) is 17.5 Å². The van der Waals surface area contributed by atoms with Crippen molar-refractivity contribution in [2.45, 2.75) is 32.3 Å². The first kappa shape index (κ1) is 17.5. The number of nitro groups is 1. The van der Waals surface area contributed by atoms with Gasteiger partial charge in [0.15, 0.2) is 17.1 Å². The van der Waals surface area contributed by atoms with Gasteiger partial charge in [-0.05, 0) is 26.0 Å². The number of hydrogen-bond donors (Lipinski definition) is 0. The molecule has 1 fully saturated rings. The molecule has 9 heteroatoms. The number of ether oxygens (including phenoxy) is 1. The van der Waals surface area contributed by atoms with E-state index in [1.165, 1.54) is 13.8 Å². The lowest BCUT2D eigenvalue weighted by atomic mass is 10.0. The van der Waals surface area contributed by atoms with Gasteiger partial charge in [-0.1, -0.05) is 0 Å². The molecule has 1 aromatic rings. The van der Waals surface area contributed by atoms with Crippen molar-refractivity contribution in [3.63, 3.8) is 0 Å². The molecule has 1 saturated heterocycles. The van der Waals surface area contributed by atoms with Crippen LogP contribution in [-0.4, -0.2) is 39.6 Å². The van der Waals surface area contributed by atoms with E-state index in [-0.39, 0.29) is 18.6 Å². The van der Waals surface area contributed by atoms with E-state index in [2.05, 4.69) is 0 Å². The summed E-state index contributed by atoms with van der Waals surface area (Å²) in [6.45, 7) is 2.24. The third-order valence-corrected chi connectivity index (χ3v) is 3.61.